The fraction of sp³-hybridized carbons (Fsp3) is 0.519. The molecule has 0 aliphatic carbocycles. The zero-order chi connectivity index (χ0) is 22.7. The summed E-state index contributed by atoms with van der Waals surface area (Å²) < 4.78 is 11.5. The third kappa shape index (κ3) is 3.81. The predicted molar refractivity (Wildman–Crippen MR) is 128 cm³/mol. The van der Waals surface area contributed by atoms with Crippen molar-refractivity contribution in [2.24, 2.45) is 17.3 Å². The quantitative estimate of drug-likeness (QED) is 0.634. The molecule has 3 atom stereocenters. The number of nitrogens with zero attached hydrogens (tertiary/aromatic N) is 3. The summed E-state index contributed by atoms with van der Waals surface area (Å²) in [7, 11) is 0. The third-order valence-electron chi connectivity index (χ3n) is 7.10. The molecule has 0 spiro atoms. The maximum atomic E-state index is 9.21. The zero-order valence-corrected chi connectivity index (χ0v) is 19.5. The van der Waals surface area contributed by atoms with Crippen molar-refractivity contribution in [2.75, 3.05) is 19.6 Å². The number of hydrogen-bond donors (Lipinski definition) is 1. The monoisotopic (exact) mass is 417 g/mol. The Morgan fingerprint density at radius 2 is 1.90 bits per heavy atom. The van der Waals surface area contributed by atoms with Gasteiger partial charge in [-0.3, -0.25) is 4.90 Å². The second kappa shape index (κ2) is 7.75. The number of nitrogens with one attached hydrogen (secondary N) is 1. The Hall–Kier alpha value is -2.17. The Balaban J connectivity index is 1.47. The fourth-order valence-corrected chi connectivity index (χ4v) is 5.48. The molecule has 1 aromatic carbocycles. The molecule has 4 heterocycles. The second-order valence-electron chi connectivity index (χ2n) is 10.7. The average molecular weight is 418 g/mol. The first-order valence-electron chi connectivity index (χ1n) is 12.2. The van der Waals surface area contributed by atoms with Crippen LogP contribution in [0, 0.1) is 17.3 Å². The van der Waals surface area contributed by atoms with E-state index in [-0.39, 0.29) is 5.41 Å². The molecule has 0 amide bonds. The minimum Gasteiger partial charge on any atom is -0.313 e. The highest BCUT2D eigenvalue weighted by molar-refractivity contribution is 5.67. The van der Waals surface area contributed by atoms with Crippen molar-refractivity contribution >= 4 is 5.65 Å². The van der Waals surface area contributed by atoms with E-state index in [0.29, 0.717) is 17.8 Å². The van der Waals surface area contributed by atoms with Gasteiger partial charge in [0, 0.05) is 38.8 Å². The summed E-state index contributed by atoms with van der Waals surface area (Å²) >= 11 is 0. The topological polar surface area (TPSA) is 32.6 Å². The Labute approximate surface area is 188 Å². The molecule has 5 rings (SSSR count). The van der Waals surface area contributed by atoms with E-state index in [2.05, 4.69) is 97.9 Å². The highest BCUT2D eigenvalue weighted by Gasteiger charge is 2.46. The first-order valence-corrected chi connectivity index (χ1v) is 11.7. The highest BCUT2D eigenvalue weighted by atomic mass is 15.2. The van der Waals surface area contributed by atoms with Gasteiger partial charge in [-0.15, -0.1) is 0 Å². The van der Waals surface area contributed by atoms with Crippen molar-refractivity contribution in [3.05, 3.63) is 59.9 Å². The van der Waals surface area contributed by atoms with Crippen LogP contribution >= 0.6 is 0 Å². The summed E-state index contributed by atoms with van der Waals surface area (Å²) in [6, 6.07) is 14.6. The molecule has 0 radical (unpaired) electrons. The van der Waals surface area contributed by atoms with E-state index in [1.165, 1.54) is 16.8 Å². The van der Waals surface area contributed by atoms with E-state index in [0.717, 1.165) is 37.5 Å². The molecule has 3 aromatic rings. The van der Waals surface area contributed by atoms with Gasteiger partial charge in [0.1, 0.15) is 5.65 Å². The molecule has 2 aromatic heterocycles. The van der Waals surface area contributed by atoms with E-state index in [9.17, 15) is 1.37 Å². The van der Waals surface area contributed by atoms with Crippen LogP contribution in [0.3, 0.4) is 0 Å². The van der Waals surface area contributed by atoms with E-state index < -0.39 is 6.02 Å². The molecule has 31 heavy (non-hydrogen) atoms. The molecule has 2 fully saturated rings. The Morgan fingerprint density at radius 3 is 2.61 bits per heavy atom. The summed E-state index contributed by atoms with van der Waals surface area (Å²) in [4.78, 5) is 7.58. The third-order valence-corrected chi connectivity index (χ3v) is 7.10. The van der Waals surface area contributed by atoms with Crippen LogP contribution < -0.4 is 5.32 Å². The van der Waals surface area contributed by atoms with Crippen molar-refractivity contribution < 1.29 is 1.37 Å². The van der Waals surface area contributed by atoms with Crippen LogP contribution in [-0.2, 0) is 6.54 Å². The van der Waals surface area contributed by atoms with Crippen LogP contribution in [0.4, 0.5) is 0 Å². The first-order chi connectivity index (χ1) is 15.2. The van der Waals surface area contributed by atoms with Crippen molar-refractivity contribution in [1.29, 1.82) is 0 Å². The van der Waals surface area contributed by atoms with Gasteiger partial charge in [0.25, 0.3) is 0 Å². The summed E-state index contributed by atoms with van der Waals surface area (Å²) in [6.45, 7) is 14.9. The molecule has 2 saturated heterocycles. The van der Waals surface area contributed by atoms with Crippen LogP contribution in [-0.4, -0.2) is 39.9 Å². The summed E-state index contributed by atoms with van der Waals surface area (Å²) in [5.41, 5.74) is 5.77. The maximum Gasteiger partial charge on any atom is 0.137 e. The SMILES string of the molecule is [2H]C1(C(C)(C)C)NCC2CN(Cc3c(-c4ccc(C(C)C)cc4)nc4ccccn34)CC21. The summed E-state index contributed by atoms with van der Waals surface area (Å²) in [5, 5.41) is 3.56. The standard InChI is InChI=1S/C27H36N4/c1-18(2)19-9-11-20(12-10-19)25-23(31-13-7-6-8-24(31)29-25)17-30-15-21-14-28-26(22(21)16-30)27(3,4)5/h6-13,18,21-22,26,28H,14-17H2,1-5H3/i26D. The molecule has 2 aliphatic heterocycles. The molecule has 3 unspecified atom stereocenters. The van der Waals surface area contributed by atoms with Gasteiger partial charge in [0.05, 0.1) is 11.4 Å². The molecule has 0 bridgehead atoms. The Kier molecular flexibility index (Phi) is 4.88. The average Bonchev–Trinajstić information content (AvgIpc) is 3.42. The number of imidazole rings is 1. The summed E-state index contributed by atoms with van der Waals surface area (Å²) in [5.74, 6) is 1.42. The van der Waals surface area contributed by atoms with Crippen LogP contribution in [0.25, 0.3) is 16.9 Å². The van der Waals surface area contributed by atoms with Gasteiger partial charge in [-0.05, 0) is 47.4 Å². The van der Waals surface area contributed by atoms with Crippen molar-refractivity contribution in [1.82, 2.24) is 19.6 Å². The number of likely N-dealkylation sites (tertiary alicyclic amines) is 1. The first kappa shape index (κ1) is 19.5. The number of fused-ring (bicyclic) bond motifs is 2. The van der Waals surface area contributed by atoms with E-state index in [4.69, 9.17) is 4.98 Å². The van der Waals surface area contributed by atoms with Crippen LogP contribution in [0.15, 0.2) is 48.7 Å². The normalized spacial score (nSPS) is 27.2. The molecular formula is C27H36N4. The van der Waals surface area contributed by atoms with E-state index >= 15 is 0 Å². The Bertz CT molecular complexity index is 1110. The molecule has 2 aliphatic rings. The number of aromatic nitrogens is 2. The smallest absolute Gasteiger partial charge is 0.137 e. The lowest BCUT2D eigenvalue weighted by atomic mass is 9.78. The van der Waals surface area contributed by atoms with Gasteiger partial charge in [-0.25, -0.2) is 4.98 Å². The van der Waals surface area contributed by atoms with E-state index in [1.54, 1.807) is 0 Å². The van der Waals surface area contributed by atoms with Crippen LogP contribution in [0.1, 0.15) is 53.2 Å². The number of pyridine rings is 1. The lowest BCUT2D eigenvalue weighted by Crippen LogP contribution is -2.42. The lowest BCUT2D eigenvalue weighted by molar-refractivity contribution is 0.215. The molecule has 1 N–H and O–H groups in total. The van der Waals surface area contributed by atoms with Crippen LogP contribution in [0.2, 0.25) is 0 Å². The molecule has 4 nitrogen and oxygen atoms in total. The van der Waals surface area contributed by atoms with Crippen molar-refractivity contribution in [3.63, 3.8) is 0 Å². The maximum absolute atomic E-state index is 9.21. The molecule has 4 heteroatoms. The van der Waals surface area contributed by atoms with Gasteiger partial charge in [-0.1, -0.05) is 65.0 Å². The van der Waals surface area contributed by atoms with Gasteiger partial charge >= 0.3 is 0 Å². The predicted octanol–water partition coefficient (Wildman–Crippen LogP) is 5.19. The largest absolute Gasteiger partial charge is 0.313 e. The Morgan fingerprint density at radius 1 is 1.13 bits per heavy atom. The van der Waals surface area contributed by atoms with Crippen molar-refractivity contribution in [2.45, 2.75) is 53.1 Å². The van der Waals surface area contributed by atoms with Crippen LogP contribution in [0.5, 0.6) is 0 Å². The summed E-state index contributed by atoms with van der Waals surface area (Å²) in [6.07, 6.45) is 2.13. The lowest BCUT2D eigenvalue weighted by Gasteiger charge is -2.32. The molecule has 164 valence electrons. The number of benzene rings is 1. The minimum absolute atomic E-state index is 0.0882. The molecular weight excluding hydrogens is 380 g/mol. The second-order valence-corrected chi connectivity index (χ2v) is 10.7. The van der Waals surface area contributed by atoms with Crippen molar-refractivity contribution in [3.8, 4) is 11.3 Å². The zero-order valence-electron chi connectivity index (χ0n) is 20.5. The van der Waals surface area contributed by atoms with Gasteiger partial charge in [0.2, 0.25) is 0 Å². The van der Waals surface area contributed by atoms with Gasteiger partial charge < -0.3 is 9.72 Å². The number of hydrogen-bond acceptors (Lipinski definition) is 3. The minimum atomic E-state index is -0.568. The van der Waals surface area contributed by atoms with E-state index in [1.807, 2.05) is 0 Å². The fourth-order valence-electron chi connectivity index (χ4n) is 5.48. The van der Waals surface area contributed by atoms with Gasteiger partial charge in [-0.2, -0.15) is 0 Å². The highest BCUT2D eigenvalue weighted by Crippen LogP contribution is 2.39. The van der Waals surface area contributed by atoms with Gasteiger partial charge in [0.15, 0.2) is 0 Å². The molecule has 0 saturated carbocycles. The number of rotatable bonds is 4.